The number of hydrogen-bond donors (Lipinski definition) is 5. The lowest BCUT2D eigenvalue weighted by molar-refractivity contribution is -0.478. The summed E-state index contributed by atoms with van der Waals surface area (Å²) in [6, 6.07) is 7.52. The van der Waals surface area contributed by atoms with Crippen LogP contribution in [0.5, 0.6) is 0 Å². The molecule has 0 aromatic heterocycles. The number of nitrogens with one attached hydrogen (secondary N) is 4. The number of benzene rings is 1. The number of nitrogens with two attached hydrogens (primary N) is 1. The zero-order valence-corrected chi connectivity index (χ0v) is 25.0. The van der Waals surface area contributed by atoms with Crippen molar-refractivity contribution in [3.8, 4) is 0 Å². The number of amides is 2. The third kappa shape index (κ3) is 13.5. The first-order valence-electron chi connectivity index (χ1n) is 13.5. The van der Waals surface area contributed by atoms with E-state index in [1.807, 2.05) is 58.9 Å². The smallest absolute Gasteiger partial charge is 0.407 e. The van der Waals surface area contributed by atoms with Gasteiger partial charge in [0.05, 0.1) is 24.5 Å². The summed E-state index contributed by atoms with van der Waals surface area (Å²) in [6.07, 6.45) is 5.34. The molecule has 0 unspecified atom stereocenters. The molecule has 39 heavy (non-hydrogen) atoms. The molecular weight excluding hydrogens is 518 g/mol. The fourth-order valence-electron chi connectivity index (χ4n) is 4.02. The highest BCUT2D eigenvalue weighted by Crippen LogP contribution is 2.28. The molecule has 0 aliphatic heterocycles. The van der Waals surface area contributed by atoms with Crippen molar-refractivity contribution in [1.82, 2.24) is 16.1 Å². The van der Waals surface area contributed by atoms with E-state index in [0.29, 0.717) is 48.0 Å². The third-order valence-electron chi connectivity index (χ3n) is 6.03. The Bertz CT molecular complexity index is 996. The Morgan fingerprint density at radius 1 is 1.10 bits per heavy atom. The molecule has 2 rings (SSSR count). The summed E-state index contributed by atoms with van der Waals surface area (Å²) < 4.78 is 5.31. The van der Waals surface area contributed by atoms with E-state index in [2.05, 4.69) is 27.7 Å². The Kier molecular flexibility index (Phi) is 15.3. The van der Waals surface area contributed by atoms with Crippen molar-refractivity contribution < 1.29 is 24.2 Å². The van der Waals surface area contributed by atoms with Crippen molar-refractivity contribution in [1.29, 1.82) is 0 Å². The van der Waals surface area contributed by atoms with Crippen LogP contribution < -0.4 is 26.8 Å². The van der Waals surface area contributed by atoms with Crippen LogP contribution in [0.15, 0.2) is 48.2 Å². The van der Waals surface area contributed by atoms with Gasteiger partial charge in [0.1, 0.15) is 12.1 Å². The molecule has 0 heterocycles. The van der Waals surface area contributed by atoms with E-state index in [4.69, 9.17) is 26.9 Å². The minimum atomic E-state index is -0.612. The monoisotopic (exact) mass is 564 g/mol. The molecule has 9 nitrogen and oxygen atoms in total. The Morgan fingerprint density at radius 2 is 1.67 bits per heavy atom. The molecule has 1 aliphatic rings. The number of primary amides is 1. The lowest BCUT2D eigenvalue weighted by Crippen LogP contribution is -2.74. The van der Waals surface area contributed by atoms with Gasteiger partial charge in [-0.1, -0.05) is 50.2 Å². The van der Waals surface area contributed by atoms with Crippen LogP contribution in [0.4, 0.5) is 4.79 Å². The molecule has 1 aromatic rings. The van der Waals surface area contributed by atoms with Gasteiger partial charge in [-0.15, -0.1) is 5.48 Å². The van der Waals surface area contributed by atoms with Crippen LogP contribution >= 0.6 is 11.6 Å². The van der Waals surface area contributed by atoms with Crippen LogP contribution in [-0.2, 0) is 20.9 Å². The normalized spacial score (nSPS) is 17.8. The molecule has 1 fully saturated rings. The summed E-state index contributed by atoms with van der Waals surface area (Å²) in [5.74, 6) is 0.735. The van der Waals surface area contributed by atoms with Crippen LogP contribution in [0.3, 0.4) is 0 Å². The quantitative estimate of drug-likeness (QED) is 0.0922. The van der Waals surface area contributed by atoms with Gasteiger partial charge >= 0.3 is 6.09 Å². The zero-order chi connectivity index (χ0) is 29.4. The molecule has 6 N–H and O–H groups in total. The zero-order valence-electron chi connectivity index (χ0n) is 24.3. The molecule has 2 amide bonds. The topological polar surface area (TPSA) is 129 Å². The summed E-state index contributed by atoms with van der Waals surface area (Å²) in [4.78, 5) is 32.1. The molecule has 218 valence electrons. The second-order valence-corrected chi connectivity index (χ2v) is 10.6. The van der Waals surface area contributed by atoms with Gasteiger partial charge in [-0.2, -0.15) is 0 Å². The predicted molar refractivity (Wildman–Crippen MR) is 157 cm³/mol. The maximum absolute atomic E-state index is 11.9. The fraction of sp³-hybridized carbons (Fsp3) is 0.552. The maximum atomic E-state index is 11.9. The largest absolute Gasteiger partial charge is 0.444 e. The lowest BCUT2D eigenvalue weighted by Gasteiger charge is -2.29. The van der Waals surface area contributed by atoms with Gasteiger partial charge in [-0.05, 0) is 64.4 Å². The Balaban J connectivity index is 0.00000371. The highest BCUT2D eigenvalue weighted by Gasteiger charge is 2.24. The molecule has 1 saturated carbocycles. The maximum Gasteiger partial charge on any atom is 0.407 e. The summed E-state index contributed by atoms with van der Waals surface area (Å²) in [6.45, 7) is 15.1. The van der Waals surface area contributed by atoms with Gasteiger partial charge in [-0.25, -0.2) is 9.63 Å². The first-order valence-corrected chi connectivity index (χ1v) is 13.9. The number of rotatable bonds is 11. The van der Waals surface area contributed by atoms with E-state index in [1.165, 1.54) is 7.11 Å². The van der Waals surface area contributed by atoms with Gasteiger partial charge < -0.3 is 21.1 Å². The Hall–Kier alpha value is -3.04. The summed E-state index contributed by atoms with van der Waals surface area (Å²) in [5, 5.41) is 6.87. The van der Waals surface area contributed by atoms with E-state index in [9.17, 15) is 9.59 Å². The highest BCUT2D eigenvalue weighted by atomic mass is 35.5. The molecule has 1 aliphatic carbocycles. The number of hydroxylamine groups is 1. The van der Waals surface area contributed by atoms with E-state index >= 15 is 0 Å². The van der Waals surface area contributed by atoms with Crippen LogP contribution in [0.2, 0.25) is 5.02 Å². The van der Waals surface area contributed by atoms with E-state index in [0.717, 1.165) is 31.2 Å². The van der Waals surface area contributed by atoms with Crippen LogP contribution in [0.25, 0.3) is 0 Å². The Morgan fingerprint density at radius 3 is 2.18 bits per heavy atom. The lowest BCUT2D eigenvalue weighted by atomic mass is 9.82. The molecule has 0 saturated heterocycles. The average Bonchev–Trinajstić information content (AvgIpc) is 2.89. The van der Waals surface area contributed by atoms with Gasteiger partial charge in [0.15, 0.2) is 0 Å². The summed E-state index contributed by atoms with van der Waals surface area (Å²) in [5.41, 5.74) is 9.40. The van der Waals surface area contributed by atoms with Crippen molar-refractivity contribution in [2.45, 2.75) is 72.4 Å². The third-order valence-corrected chi connectivity index (χ3v) is 6.40. The van der Waals surface area contributed by atoms with Gasteiger partial charge in [0.25, 0.3) is 5.84 Å². The number of carbonyl (C=O) groups is 2. The molecule has 10 heteroatoms. The van der Waals surface area contributed by atoms with Gasteiger partial charge in [-0.3, -0.25) is 9.79 Å². The molecule has 0 atom stereocenters. The fourth-order valence-corrected chi connectivity index (χ4v) is 4.22. The number of ether oxygens (including phenoxy) is 1. The second kappa shape index (κ2) is 17.5. The standard InChI is InChI=1S/C27H40ClN5O4.C2H6/c1-18(25(29)34)23(14-24(33-36-5)31-17-21-8-6-7-9-22(21)28)30-15-19-10-12-20(13-11-19)16-32-26(35)37-27(2,3)4;1-2/h6-9,14,19-20,30H,1,10-13,15-17H2,2-5H3,(H2,29,34)(H,31,33)(H,32,35);1-2H3/p+1/b23-14+;. The number of halogens is 1. The molecule has 0 spiro atoms. The van der Waals surface area contributed by atoms with Crippen molar-refractivity contribution >= 4 is 29.4 Å². The second-order valence-electron chi connectivity index (χ2n) is 10.2. The van der Waals surface area contributed by atoms with E-state index < -0.39 is 11.5 Å². The van der Waals surface area contributed by atoms with Crippen LogP contribution in [0, 0.1) is 11.8 Å². The molecule has 0 radical (unpaired) electrons. The number of hydrogen-bond acceptors (Lipinski definition) is 5. The van der Waals surface area contributed by atoms with Gasteiger partial charge in [0.2, 0.25) is 5.91 Å². The number of amidine groups is 1. The first-order chi connectivity index (χ1) is 18.5. The Labute approximate surface area is 238 Å². The van der Waals surface area contributed by atoms with Crippen molar-refractivity contribution in [2.75, 3.05) is 20.2 Å². The molecule has 1 aromatic carbocycles. The van der Waals surface area contributed by atoms with E-state index in [1.54, 1.807) is 6.08 Å². The van der Waals surface area contributed by atoms with Crippen LogP contribution in [0.1, 0.15) is 65.9 Å². The van der Waals surface area contributed by atoms with Crippen molar-refractivity contribution in [2.24, 2.45) is 17.6 Å². The van der Waals surface area contributed by atoms with Crippen LogP contribution in [-0.4, -0.2) is 43.6 Å². The SMILES string of the molecule is C=C(C(N)=O)/C(=C\C(NOC)=[NH+]Cc1ccccc1Cl)NCC1CCC(CNC(=O)OC(C)(C)C)CC1.CC. The number of alkyl carbamates (subject to hydrolysis) is 1. The minimum Gasteiger partial charge on any atom is -0.444 e. The molecular formula is C29H47ClN5O4+. The predicted octanol–water partition coefficient (Wildman–Crippen LogP) is 3.34. The summed E-state index contributed by atoms with van der Waals surface area (Å²) in [7, 11) is 1.50. The average molecular weight is 565 g/mol. The van der Waals surface area contributed by atoms with E-state index in [-0.39, 0.29) is 11.7 Å². The van der Waals surface area contributed by atoms with Crippen molar-refractivity contribution in [3.05, 3.63) is 58.8 Å². The van der Waals surface area contributed by atoms with Crippen molar-refractivity contribution in [3.63, 3.8) is 0 Å². The first kappa shape index (κ1) is 34.0. The van der Waals surface area contributed by atoms with Gasteiger partial charge in [0, 0.05) is 23.7 Å². The minimum absolute atomic E-state index is 0.171. The highest BCUT2D eigenvalue weighted by molar-refractivity contribution is 6.31. The molecule has 0 bridgehead atoms. The number of carbonyl (C=O) groups excluding carboxylic acids is 2. The summed E-state index contributed by atoms with van der Waals surface area (Å²) >= 11 is 6.26.